The van der Waals surface area contributed by atoms with Gasteiger partial charge in [0.25, 0.3) is 0 Å². The summed E-state index contributed by atoms with van der Waals surface area (Å²) in [5.41, 5.74) is -1.25. The lowest BCUT2D eigenvalue weighted by Gasteiger charge is -2.55. The largest absolute Gasteiger partial charge is 0.468 e. The highest BCUT2D eigenvalue weighted by Crippen LogP contribution is 2.61. The highest BCUT2D eigenvalue weighted by molar-refractivity contribution is 7.86. The van der Waals surface area contributed by atoms with Crippen LogP contribution in [0.2, 0.25) is 0 Å². The zero-order valence-corrected chi connectivity index (χ0v) is 17.8. The third-order valence-electron chi connectivity index (χ3n) is 6.61. The Morgan fingerprint density at radius 3 is 1.84 bits per heavy atom. The molecule has 0 amide bonds. The predicted molar refractivity (Wildman–Crippen MR) is 94.6 cm³/mol. The molecule has 8 nitrogen and oxygen atoms in total. The molecule has 0 aromatic carbocycles. The van der Waals surface area contributed by atoms with E-state index in [1.807, 2.05) is 0 Å². The third kappa shape index (κ3) is 4.32. The quantitative estimate of drug-likeness (QED) is 0.237. The van der Waals surface area contributed by atoms with Gasteiger partial charge in [0.15, 0.2) is 0 Å². The van der Waals surface area contributed by atoms with Crippen LogP contribution in [0.15, 0.2) is 0 Å². The predicted octanol–water partition coefficient (Wildman–Crippen LogP) is 3.06. The number of alkyl halides is 5. The summed E-state index contributed by atoms with van der Waals surface area (Å²) in [4.78, 5) is 25.1. The van der Waals surface area contributed by atoms with Crippen LogP contribution in [-0.4, -0.2) is 55.8 Å². The van der Waals surface area contributed by atoms with E-state index in [2.05, 4.69) is 14.2 Å². The fourth-order valence-electron chi connectivity index (χ4n) is 5.56. The summed E-state index contributed by atoms with van der Waals surface area (Å²) in [6.07, 6.45) is -4.24. The average molecular weight is 494 g/mol. The van der Waals surface area contributed by atoms with Crippen LogP contribution in [0.25, 0.3) is 0 Å². The number of ether oxygens (including phenoxy) is 3. The van der Waals surface area contributed by atoms with Gasteiger partial charge < -0.3 is 14.2 Å². The summed E-state index contributed by atoms with van der Waals surface area (Å²) in [5.74, 6) is -7.49. The first kappa shape index (κ1) is 25.1. The molecule has 14 heteroatoms. The lowest BCUT2D eigenvalue weighted by molar-refractivity contribution is -0.359. The van der Waals surface area contributed by atoms with E-state index >= 15 is 0 Å². The summed E-state index contributed by atoms with van der Waals surface area (Å²) in [6.45, 7) is -1.70. The highest BCUT2D eigenvalue weighted by Gasteiger charge is 2.69. The van der Waals surface area contributed by atoms with Crippen LogP contribution in [0, 0.1) is 23.2 Å². The van der Waals surface area contributed by atoms with E-state index in [0.29, 0.717) is 7.11 Å². The van der Waals surface area contributed by atoms with Crippen molar-refractivity contribution in [2.75, 3.05) is 13.7 Å². The summed E-state index contributed by atoms with van der Waals surface area (Å²) < 4.78 is 112. The second-order valence-electron chi connectivity index (χ2n) is 8.90. The van der Waals surface area contributed by atoms with Crippen LogP contribution >= 0.6 is 0 Å². The number of hydrogen-bond donors (Lipinski definition) is 1. The standard InChI is InChI=1S/C18H23F5O8S/c1-29-14(25)17(18(21,22)23,30-3-2-16(19,20)32(26,27)28)31-13(24)15-7-10-4-11(8-15)6-12(5-10)9-15/h10-12H,2-9H2,1H3,(H,26,27,28). The third-order valence-corrected chi connectivity index (χ3v) is 7.57. The van der Waals surface area contributed by atoms with Gasteiger partial charge in [-0.2, -0.15) is 30.4 Å². The van der Waals surface area contributed by atoms with Crippen LogP contribution in [0.5, 0.6) is 0 Å². The minimum absolute atomic E-state index is 0.140. The van der Waals surface area contributed by atoms with Crippen molar-refractivity contribution < 1.29 is 58.7 Å². The number of rotatable bonds is 8. The second kappa shape index (κ2) is 8.05. The molecule has 4 rings (SSSR count). The topological polar surface area (TPSA) is 116 Å². The maximum atomic E-state index is 13.9. The summed E-state index contributed by atoms with van der Waals surface area (Å²) in [7, 11) is -5.40. The Labute approximate surface area is 180 Å². The van der Waals surface area contributed by atoms with Gasteiger partial charge in [-0.05, 0) is 56.3 Å². The SMILES string of the molecule is COC(=O)C(OCCC(F)(F)S(=O)(=O)O)(OC(=O)C12CC3CC(CC(C3)C1)C2)C(F)(F)F. The summed E-state index contributed by atoms with van der Waals surface area (Å²) >= 11 is 0. The number of hydrogen-bond acceptors (Lipinski definition) is 7. The van der Waals surface area contributed by atoms with Crippen molar-refractivity contribution in [2.45, 2.75) is 62.2 Å². The first-order valence-electron chi connectivity index (χ1n) is 9.93. The Morgan fingerprint density at radius 2 is 1.47 bits per heavy atom. The van der Waals surface area contributed by atoms with E-state index in [9.17, 15) is 40.0 Å². The van der Waals surface area contributed by atoms with E-state index in [4.69, 9.17) is 4.55 Å². The van der Waals surface area contributed by atoms with Gasteiger partial charge in [-0.3, -0.25) is 9.35 Å². The Morgan fingerprint density at radius 1 is 1.00 bits per heavy atom. The van der Waals surface area contributed by atoms with Crippen LogP contribution in [0.3, 0.4) is 0 Å². The van der Waals surface area contributed by atoms with Gasteiger partial charge >= 0.3 is 39.3 Å². The fraction of sp³-hybridized carbons (Fsp3) is 0.889. The molecule has 0 spiro atoms. The summed E-state index contributed by atoms with van der Waals surface area (Å²) in [5, 5.41) is -4.86. The van der Waals surface area contributed by atoms with E-state index in [1.54, 1.807) is 0 Å². The molecule has 0 radical (unpaired) electrons. The molecular formula is C18H23F5O8S. The summed E-state index contributed by atoms with van der Waals surface area (Å²) in [6, 6.07) is 0. The van der Waals surface area contributed by atoms with E-state index in [1.165, 1.54) is 0 Å². The van der Waals surface area contributed by atoms with Crippen molar-refractivity contribution in [1.82, 2.24) is 0 Å². The van der Waals surface area contributed by atoms with Gasteiger partial charge in [0.2, 0.25) is 0 Å². The van der Waals surface area contributed by atoms with Crippen LogP contribution in [0.1, 0.15) is 44.9 Å². The Hall–Kier alpha value is -1.54. The molecule has 1 unspecified atom stereocenters. The van der Waals surface area contributed by atoms with Gasteiger partial charge in [-0.25, -0.2) is 4.79 Å². The van der Waals surface area contributed by atoms with E-state index < -0.39 is 57.7 Å². The lowest BCUT2D eigenvalue weighted by atomic mass is 9.49. The number of carbonyl (C=O) groups is 2. The maximum Gasteiger partial charge on any atom is 0.468 e. The highest BCUT2D eigenvalue weighted by atomic mass is 32.2. The zero-order chi connectivity index (χ0) is 24.2. The molecule has 1 N–H and O–H groups in total. The minimum atomic E-state index is -5.95. The lowest BCUT2D eigenvalue weighted by Crippen LogP contribution is -2.61. The van der Waals surface area contributed by atoms with Gasteiger partial charge in [0, 0.05) is 0 Å². The van der Waals surface area contributed by atoms with Crippen LogP contribution < -0.4 is 0 Å². The van der Waals surface area contributed by atoms with Crippen molar-refractivity contribution in [3.63, 3.8) is 0 Å². The minimum Gasteiger partial charge on any atom is -0.464 e. The van der Waals surface area contributed by atoms with Crippen molar-refractivity contribution in [2.24, 2.45) is 23.2 Å². The molecule has 0 heterocycles. The number of methoxy groups -OCH3 is 1. The van der Waals surface area contributed by atoms with Crippen LogP contribution in [0.4, 0.5) is 22.0 Å². The smallest absolute Gasteiger partial charge is 0.464 e. The molecule has 0 aliphatic heterocycles. The van der Waals surface area contributed by atoms with Crippen LogP contribution in [-0.2, 0) is 33.9 Å². The van der Waals surface area contributed by atoms with Crippen molar-refractivity contribution in [3.05, 3.63) is 0 Å². The maximum absolute atomic E-state index is 13.9. The van der Waals surface area contributed by atoms with Gasteiger partial charge in [-0.1, -0.05) is 0 Å². The normalized spacial score (nSPS) is 31.8. The van der Waals surface area contributed by atoms with Crippen molar-refractivity contribution in [3.8, 4) is 0 Å². The monoisotopic (exact) mass is 494 g/mol. The molecule has 1 atom stereocenters. The second-order valence-corrected chi connectivity index (χ2v) is 10.5. The Bertz CT molecular complexity index is 836. The first-order chi connectivity index (χ1) is 14.6. The van der Waals surface area contributed by atoms with Gasteiger partial charge in [-0.15, -0.1) is 0 Å². The molecule has 4 aliphatic carbocycles. The average Bonchev–Trinajstić information content (AvgIpc) is 2.63. The number of carbonyl (C=O) groups excluding carboxylic acids is 2. The number of halogens is 5. The molecule has 4 bridgehead atoms. The van der Waals surface area contributed by atoms with Gasteiger partial charge in [0.05, 0.1) is 25.6 Å². The Balaban J connectivity index is 1.86. The molecule has 0 aromatic heterocycles. The molecule has 0 aromatic rings. The molecule has 32 heavy (non-hydrogen) atoms. The fourth-order valence-corrected chi connectivity index (χ4v) is 5.90. The first-order valence-corrected chi connectivity index (χ1v) is 11.4. The molecule has 4 aliphatic rings. The van der Waals surface area contributed by atoms with Crippen molar-refractivity contribution in [1.29, 1.82) is 0 Å². The van der Waals surface area contributed by atoms with Crippen molar-refractivity contribution >= 4 is 22.1 Å². The van der Waals surface area contributed by atoms with E-state index in [-0.39, 0.29) is 37.0 Å². The molecule has 184 valence electrons. The zero-order valence-electron chi connectivity index (χ0n) is 17.0. The Kier molecular flexibility index (Phi) is 6.31. The molecule has 0 saturated heterocycles. The molecule has 4 saturated carbocycles. The van der Waals surface area contributed by atoms with E-state index in [0.717, 1.165) is 19.3 Å². The number of esters is 2. The van der Waals surface area contributed by atoms with Gasteiger partial charge in [0.1, 0.15) is 0 Å². The molecular weight excluding hydrogens is 471 g/mol. The molecule has 4 fully saturated rings.